The van der Waals surface area contributed by atoms with Gasteiger partial charge in [0, 0.05) is 32.2 Å². The Morgan fingerprint density at radius 3 is 2.44 bits per heavy atom. The van der Waals surface area contributed by atoms with E-state index in [-0.39, 0.29) is 23.1 Å². The van der Waals surface area contributed by atoms with E-state index in [0.29, 0.717) is 24.2 Å². The van der Waals surface area contributed by atoms with Crippen LogP contribution in [0.25, 0.3) is 0 Å². The highest BCUT2D eigenvalue weighted by Crippen LogP contribution is 2.25. The molecule has 1 amide bonds. The summed E-state index contributed by atoms with van der Waals surface area (Å²) in [6, 6.07) is 10.6. The molecule has 0 bridgehead atoms. The molecular weight excluding hydrogens is 371 g/mol. The van der Waals surface area contributed by atoms with Gasteiger partial charge in [0.15, 0.2) is 11.6 Å². The molecule has 2 aromatic rings. The number of carbonyl (C=O) groups excluding carboxylic acids is 1. The standard InChI is InChI=1S/C19H21FN2O4S/c1-21(13-14-5-10-18(26-2)17(20)12-14)27(24,25)16-8-6-15(7-9-16)22-11-3-4-19(22)23/h5-10,12H,3-4,11,13H2,1-2H3. The maximum Gasteiger partial charge on any atom is 0.243 e. The first kappa shape index (κ1) is 19.3. The van der Waals surface area contributed by atoms with Crippen LogP contribution in [-0.2, 0) is 21.4 Å². The predicted molar refractivity (Wildman–Crippen MR) is 99.6 cm³/mol. The van der Waals surface area contributed by atoms with Crippen molar-refractivity contribution in [2.75, 3.05) is 25.6 Å². The predicted octanol–water partition coefficient (Wildman–Crippen LogP) is 2.78. The fourth-order valence-corrected chi connectivity index (χ4v) is 4.21. The van der Waals surface area contributed by atoms with Crippen LogP contribution in [-0.4, -0.2) is 39.3 Å². The molecule has 0 N–H and O–H groups in total. The van der Waals surface area contributed by atoms with Gasteiger partial charge in [0.05, 0.1) is 12.0 Å². The second kappa shape index (κ2) is 7.66. The van der Waals surface area contributed by atoms with E-state index in [1.54, 1.807) is 23.1 Å². The maximum absolute atomic E-state index is 13.8. The second-order valence-corrected chi connectivity index (χ2v) is 8.42. The smallest absolute Gasteiger partial charge is 0.243 e. The van der Waals surface area contributed by atoms with E-state index >= 15 is 0 Å². The molecular formula is C19H21FN2O4S. The Balaban J connectivity index is 1.76. The number of benzene rings is 2. The number of amides is 1. The van der Waals surface area contributed by atoms with Gasteiger partial charge in [0.25, 0.3) is 0 Å². The lowest BCUT2D eigenvalue weighted by atomic mass is 10.2. The van der Waals surface area contributed by atoms with Crippen LogP contribution in [0.2, 0.25) is 0 Å². The topological polar surface area (TPSA) is 66.9 Å². The van der Waals surface area contributed by atoms with Gasteiger partial charge in [-0.3, -0.25) is 4.79 Å². The number of nitrogens with zero attached hydrogens (tertiary/aromatic N) is 2. The first-order chi connectivity index (χ1) is 12.8. The molecule has 0 spiro atoms. The number of carbonyl (C=O) groups is 1. The molecule has 1 fully saturated rings. The Hall–Kier alpha value is -2.45. The van der Waals surface area contributed by atoms with Crippen LogP contribution < -0.4 is 9.64 Å². The summed E-state index contributed by atoms with van der Waals surface area (Å²) < 4.78 is 45.4. The Kier molecular flexibility index (Phi) is 5.48. The van der Waals surface area contributed by atoms with E-state index in [9.17, 15) is 17.6 Å². The van der Waals surface area contributed by atoms with Crippen molar-refractivity contribution in [1.82, 2.24) is 4.31 Å². The molecule has 3 rings (SSSR count). The number of sulfonamides is 1. The molecule has 0 saturated carbocycles. The molecule has 0 radical (unpaired) electrons. The van der Waals surface area contributed by atoms with Crippen LogP contribution >= 0.6 is 0 Å². The Morgan fingerprint density at radius 2 is 1.89 bits per heavy atom. The lowest BCUT2D eigenvalue weighted by molar-refractivity contribution is -0.117. The van der Waals surface area contributed by atoms with Crippen LogP contribution in [0, 0.1) is 5.82 Å². The number of rotatable bonds is 6. The quantitative estimate of drug-likeness (QED) is 0.758. The van der Waals surface area contributed by atoms with Crippen molar-refractivity contribution in [2.45, 2.75) is 24.3 Å². The summed E-state index contributed by atoms with van der Waals surface area (Å²) in [4.78, 5) is 13.6. The fraction of sp³-hybridized carbons (Fsp3) is 0.316. The molecule has 0 atom stereocenters. The molecule has 1 saturated heterocycles. The van der Waals surface area contributed by atoms with Crippen molar-refractivity contribution in [3.63, 3.8) is 0 Å². The molecule has 1 aliphatic rings. The molecule has 2 aromatic carbocycles. The molecule has 1 aliphatic heterocycles. The molecule has 0 aromatic heterocycles. The van der Waals surface area contributed by atoms with Gasteiger partial charge in [-0.25, -0.2) is 12.8 Å². The van der Waals surface area contributed by atoms with Gasteiger partial charge in [-0.05, 0) is 48.4 Å². The number of anilines is 1. The van der Waals surface area contributed by atoms with E-state index in [0.717, 1.165) is 10.7 Å². The minimum absolute atomic E-state index is 0.0234. The number of ether oxygens (including phenoxy) is 1. The number of hydrogen-bond acceptors (Lipinski definition) is 4. The average molecular weight is 392 g/mol. The minimum Gasteiger partial charge on any atom is -0.494 e. The third-order valence-corrected chi connectivity index (χ3v) is 6.37. The first-order valence-electron chi connectivity index (χ1n) is 8.52. The third kappa shape index (κ3) is 3.96. The van der Waals surface area contributed by atoms with Crippen molar-refractivity contribution in [1.29, 1.82) is 0 Å². The molecule has 6 nitrogen and oxygen atoms in total. The molecule has 144 valence electrons. The van der Waals surface area contributed by atoms with Crippen LogP contribution in [0.4, 0.5) is 10.1 Å². The molecule has 8 heteroatoms. The summed E-state index contributed by atoms with van der Waals surface area (Å²) in [5.41, 5.74) is 1.20. The van der Waals surface area contributed by atoms with E-state index in [1.165, 1.54) is 38.4 Å². The van der Waals surface area contributed by atoms with E-state index in [4.69, 9.17) is 4.74 Å². The average Bonchev–Trinajstić information content (AvgIpc) is 3.08. The normalized spacial score (nSPS) is 14.8. The highest BCUT2D eigenvalue weighted by Gasteiger charge is 2.24. The summed E-state index contributed by atoms with van der Waals surface area (Å²) in [6.45, 7) is 0.670. The van der Waals surface area contributed by atoms with Crippen LogP contribution in [0.3, 0.4) is 0 Å². The summed E-state index contributed by atoms with van der Waals surface area (Å²) in [6.07, 6.45) is 1.32. The zero-order valence-corrected chi connectivity index (χ0v) is 16.0. The first-order valence-corrected chi connectivity index (χ1v) is 9.96. The van der Waals surface area contributed by atoms with Crippen molar-refractivity contribution in [3.8, 4) is 5.75 Å². The van der Waals surface area contributed by atoms with Gasteiger partial charge in [-0.2, -0.15) is 4.31 Å². The Morgan fingerprint density at radius 1 is 1.19 bits per heavy atom. The van der Waals surface area contributed by atoms with Gasteiger partial charge in [-0.1, -0.05) is 6.07 Å². The Labute approximate surface area is 158 Å². The zero-order valence-electron chi connectivity index (χ0n) is 15.2. The van der Waals surface area contributed by atoms with Gasteiger partial charge in [0.2, 0.25) is 15.9 Å². The molecule has 0 aliphatic carbocycles. The third-order valence-electron chi connectivity index (χ3n) is 4.55. The molecule has 27 heavy (non-hydrogen) atoms. The SMILES string of the molecule is COc1ccc(CN(C)S(=O)(=O)c2ccc(N3CCCC3=O)cc2)cc1F. The summed E-state index contributed by atoms with van der Waals surface area (Å²) >= 11 is 0. The number of hydrogen-bond donors (Lipinski definition) is 0. The Bertz CT molecular complexity index is 945. The second-order valence-electron chi connectivity index (χ2n) is 6.37. The van der Waals surface area contributed by atoms with Crippen LogP contribution in [0.15, 0.2) is 47.4 Å². The minimum atomic E-state index is -3.74. The van der Waals surface area contributed by atoms with Gasteiger partial charge in [-0.15, -0.1) is 0 Å². The summed E-state index contributed by atoms with van der Waals surface area (Å²) in [5, 5.41) is 0. The number of methoxy groups -OCH3 is 1. The monoisotopic (exact) mass is 392 g/mol. The lowest BCUT2D eigenvalue weighted by Gasteiger charge is -2.19. The van der Waals surface area contributed by atoms with Crippen LogP contribution in [0.5, 0.6) is 5.75 Å². The van der Waals surface area contributed by atoms with Crippen molar-refractivity contribution >= 4 is 21.6 Å². The highest BCUT2D eigenvalue weighted by atomic mass is 32.2. The maximum atomic E-state index is 13.8. The van der Waals surface area contributed by atoms with Gasteiger partial charge in [0.1, 0.15) is 0 Å². The van der Waals surface area contributed by atoms with Gasteiger partial charge < -0.3 is 9.64 Å². The largest absolute Gasteiger partial charge is 0.494 e. The van der Waals surface area contributed by atoms with E-state index < -0.39 is 15.8 Å². The zero-order chi connectivity index (χ0) is 19.6. The van der Waals surface area contributed by atoms with Gasteiger partial charge >= 0.3 is 0 Å². The van der Waals surface area contributed by atoms with E-state index in [2.05, 4.69) is 0 Å². The summed E-state index contributed by atoms with van der Waals surface area (Å²) in [5.74, 6) is -0.388. The molecule has 0 unspecified atom stereocenters. The van der Waals surface area contributed by atoms with Crippen molar-refractivity contribution in [2.24, 2.45) is 0 Å². The molecule has 1 heterocycles. The van der Waals surface area contributed by atoms with Crippen LogP contribution in [0.1, 0.15) is 18.4 Å². The summed E-state index contributed by atoms with van der Waals surface area (Å²) in [7, 11) is -0.934. The van der Waals surface area contributed by atoms with E-state index in [1.807, 2.05) is 0 Å². The number of halogens is 1. The van der Waals surface area contributed by atoms with Crippen molar-refractivity contribution < 1.29 is 22.3 Å². The van der Waals surface area contributed by atoms with Crippen molar-refractivity contribution in [3.05, 3.63) is 53.8 Å². The fourth-order valence-electron chi connectivity index (χ4n) is 3.05. The highest BCUT2D eigenvalue weighted by molar-refractivity contribution is 7.89. The lowest BCUT2D eigenvalue weighted by Crippen LogP contribution is -2.27.